The summed E-state index contributed by atoms with van der Waals surface area (Å²) in [6.45, 7) is 6.13. The number of carbonyl (C=O) groups is 3. The van der Waals surface area contributed by atoms with Crippen molar-refractivity contribution in [1.82, 2.24) is 10.2 Å². The van der Waals surface area contributed by atoms with Gasteiger partial charge in [-0.2, -0.15) is 0 Å². The van der Waals surface area contributed by atoms with E-state index in [0.717, 1.165) is 22.3 Å². The highest BCUT2D eigenvalue weighted by Gasteiger charge is 2.63. The molecule has 2 aromatic rings. The van der Waals surface area contributed by atoms with E-state index in [1.807, 2.05) is 57.2 Å². The molecule has 2 amide bonds. The maximum Gasteiger partial charge on any atom is 0.407 e. The van der Waals surface area contributed by atoms with Crippen molar-refractivity contribution in [3.63, 3.8) is 0 Å². The lowest BCUT2D eigenvalue weighted by Gasteiger charge is -2.41. The second-order valence-corrected chi connectivity index (χ2v) is 10.8. The first-order chi connectivity index (χ1) is 16.1. The van der Waals surface area contributed by atoms with Gasteiger partial charge in [0.05, 0.1) is 0 Å². The van der Waals surface area contributed by atoms with Crippen LogP contribution in [0.15, 0.2) is 48.5 Å². The second kappa shape index (κ2) is 7.86. The van der Waals surface area contributed by atoms with Crippen LogP contribution in [0.3, 0.4) is 0 Å². The van der Waals surface area contributed by atoms with Gasteiger partial charge in [0.2, 0.25) is 5.91 Å². The predicted molar refractivity (Wildman–Crippen MR) is 126 cm³/mol. The molecule has 6 rings (SSSR count). The minimum absolute atomic E-state index is 0.0805. The SMILES string of the molecule is CC(C)(C)[C@@H](NC(=O)OCC1c2ccccc2-c2ccccc21)C(=O)N1CC2CC1(C(=O)O)C2. The number of carboxylic acid groups (broad SMARTS) is 1. The Morgan fingerprint density at radius 2 is 1.62 bits per heavy atom. The van der Waals surface area contributed by atoms with E-state index >= 15 is 0 Å². The van der Waals surface area contributed by atoms with E-state index in [9.17, 15) is 19.5 Å². The fourth-order valence-electron chi connectivity index (χ4n) is 5.83. The van der Waals surface area contributed by atoms with Crippen LogP contribution in [-0.2, 0) is 14.3 Å². The molecule has 0 radical (unpaired) electrons. The van der Waals surface area contributed by atoms with Crippen LogP contribution < -0.4 is 5.32 Å². The fourth-order valence-corrected chi connectivity index (χ4v) is 5.83. The van der Waals surface area contributed by atoms with Crippen molar-refractivity contribution in [2.75, 3.05) is 13.2 Å². The lowest BCUT2D eigenvalue weighted by atomic mass is 9.73. The van der Waals surface area contributed by atoms with Gasteiger partial charge < -0.3 is 20.1 Å². The molecule has 1 saturated carbocycles. The van der Waals surface area contributed by atoms with Crippen molar-refractivity contribution in [3.8, 4) is 11.1 Å². The maximum absolute atomic E-state index is 13.5. The fraction of sp³-hybridized carbons (Fsp3) is 0.444. The first-order valence-corrected chi connectivity index (χ1v) is 11.8. The summed E-state index contributed by atoms with van der Waals surface area (Å²) in [6.07, 6.45) is 0.289. The highest BCUT2D eigenvalue weighted by molar-refractivity contribution is 5.93. The zero-order chi connectivity index (χ0) is 24.3. The van der Waals surface area contributed by atoms with E-state index in [4.69, 9.17) is 4.74 Å². The summed E-state index contributed by atoms with van der Waals surface area (Å²) in [5, 5.41) is 12.5. The molecule has 2 N–H and O–H groups in total. The highest BCUT2D eigenvalue weighted by Crippen LogP contribution is 2.51. The number of amides is 2. The van der Waals surface area contributed by atoms with Gasteiger partial charge in [-0.3, -0.25) is 4.79 Å². The minimum atomic E-state index is -1.13. The number of rotatable bonds is 5. The van der Waals surface area contributed by atoms with Gasteiger partial charge in [0.15, 0.2) is 0 Å². The quantitative estimate of drug-likeness (QED) is 0.700. The first kappa shape index (κ1) is 22.4. The summed E-state index contributed by atoms with van der Waals surface area (Å²) in [5.41, 5.74) is 2.76. The number of nitrogens with one attached hydrogen (secondary N) is 1. The van der Waals surface area contributed by atoms with E-state index in [1.165, 1.54) is 4.90 Å². The Bertz CT molecular complexity index is 1120. The molecular weight excluding hydrogens is 432 g/mol. The number of fused-ring (bicyclic) bond motifs is 4. The molecule has 2 heterocycles. The molecule has 1 atom stereocenters. The van der Waals surface area contributed by atoms with Gasteiger partial charge >= 0.3 is 12.1 Å². The van der Waals surface area contributed by atoms with Gasteiger partial charge in [0, 0.05) is 12.5 Å². The number of ether oxygens (including phenoxy) is 1. The normalized spacial score (nSPS) is 23.5. The summed E-state index contributed by atoms with van der Waals surface area (Å²) >= 11 is 0. The van der Waals surface area contributed by atoms with E-state index < -0.39 is 29.1 Å². The predicted octanol–water partition coefficient (Wildman–Crippen LogP) is 4.02. The zero-order valence-electron chi connectivity index (χ0n) is 19.7. The van der Waals surface area contributed by atoms with Crippen LogP contribution in [0.1, 0.15) is 50.7 Å². The Kier molecular flexibility index (Phi) is 5.19. The monoisotopic (exact) mass is 462 g/mol. The lowest BCUT2D eigenvalue weighted by Crippen LogP contribution is -2.61. The van der Waals surface area contributed by atoms with Crippen LogP contribution in [0.4, 0.5) is 4.79 Å². The van der Waals surface area contributed by atoms with Gasteiger partial charge in [-0.15, -0.1) is 0 Å². The number of carboxylic acids is 1. The van der Waals surface area contributed by atoms with Crippen LogP contribution in [0.5, 0.6) is 0 Å². The van der Waals surface area contributed by atoms with Gasteiger partial charge in [-0.25, -0.2) is 9.59 Å². The van der Waals surface area contributed by atoms with Gasteiger partial charge in [0.25, 0.3) is 0 Å². The third-order valence-corrected chi connectivity index (χ3v) is 7.59. The Labute approximate surface area is 199 Å². The van der Waals surface area contributed by atoms with Gasteiger partial charge in [0.1, 0.15) is 18.2 Å². The van der Waals surface area contributed by atoms with Gasteiger partial charge in [-0.05, 0) is 46.4 Å². The second-order valence-electron chi connectivity index (χ2n) is 10.8. The van der Waals surface area contributed by atoms with Crippen LogP contribution in [-0.4, -0.2) is 52.7 Å². The largest absolute Gasteiger partial charge is 0.479 e. The topological polar surface area (TPSA) is 95.9 Å². The smallest absolute Gasteiger partial charge is 0.407 e. The average Bonchev–Trinajstić information content (AvgIpc) is 3.43. The average molecular weight is 463 g/mol. The molecule has 2 bridgehead atoms. The molecule has 2 aromatic carbocycles. The molecule has 2 aliphatic heterocycles. The van der Waals surface area contributed by atoms with E-state index in [1.54, 1.807) is 0 Å². The Morgan fingerprint density at radius 1 is 1.06 bits per heavy atom. The lowest BCUT2D eigenvalue weighted by molar-refractivity contribution is -0.160. The molecule has 34 heavy (non-hydrogen) atoms. The molecule has 178 valence electrons. The standard InChI is InChI=1S/C27H30N2O5/c1-26(2,3)22(23(30)29-14-16-12-27(29,13-16)24(31)32)28-25(33)34-15-21-19-10-6-4-8-17(19)18-9-5-7-11-20(18)21/h4-11,16,21-22H,12-15H2,1-3H3,(H,28,33)(H,31,32)/t16?,22-,27?/m0/s1. The van der Waals surface area contributed by atoms with Crippen molar-refractivity contribution >= 4 is 18.0 Å². The number of aliphatic carboxylic acids is 1. The molecule has 4 aliphatic rings. The summed E-state index contributed by atoms with van der Waals surface area (Å²) in [5.74, 6) is -1.19. The Balaban J connectivity index is 1.30. The van der Waals surface area contributed by atoms with Gasteiger partial charge in [-0.1, -0.05) is 69.3 Å². The first-order valence-electron chi connectivity index (χ1n) is 11.8. The minimum Gasteiger partial charge on any atom is -0.479 e. The van der Waals surface area contributed by atoms with E-state index in [-0.39, 0.29) is 24.3 Å². The number of alkyl carbamates (subject to hydrolysis) is 1. The summed E-state index contributed by atoms with van der Waals surface area (Å²) in [6, 6.07) is 15.3. The Hall–Kier alpha value is -3.35. The van der Waals surface area contributed by atoms with Crippen LogP contribution in [0, 0.1) is 11.3 Å². The van der Waals surface area contributed by atoms with Crippen molar-refractivity contribution in [3.05, 3.63) is 59.7 Å². The van der Waals surface area contributed by atoms with Crippen molar-refractivity contribution in [2.45, 2.75) is 51.1 Å². The van der Waals surface area contributed by atoms with Crippen molar-refractivity contribution < 1.29 is 24.2 Å². The number of benzene rings is 2. The summed E-state index contributed by atoms with van der Waals surface area (Å²) in [4.78, 5) is 39.7. The highest BCUT2D eigenvalue weighted by atomic mass is 16.5. The molecular formula is C27H30N2O5. The van der Waals surface area contributed by atoms with Crippen LogP contribution in [0.25, 0.3) is 11.1 Å². The molecule has 7 nitrogen and oxygen atoms in total. The molecule has 2 saturated heterocycles. The number of hydrogen-bond acceptors (Lipinski definition) is 4. The molecule has 0 spiro atoms. The van der Waals surface area contributed by atoms with Crippen LogP contribution in [0.2, 0.25) is 0 Å². The van der Waals surface area contributed by atoms with E-state index in [2.05, 4.69) is 17.4 Å². The third kappa shape index (κ3) is 3.45. The molecule has 0 unspecified atom stereocenters. The summed E-state index contributed by atoms with van der Waals surface area (Å²) < 4.78 is 5.65. The zero-order valence-corrected chi connectivity index (χ0v) is 19.7. The Morgan fingerprint density at radius 3 is 2.15 bits per heavy atom. The van der Waals surface area contributed by atoms with Crippen molar-refractivity contribution in [2.24, 2.45) is 11.3 Å². The number of nitrogens with zero attached hydrogens (tertiary/aromatic N) is 1. The number of hydrogen-bond donors (Lipinski definition) is 2. The third-order valence-electron chi connectivity index (χ3n) is 7.59. The maximum atomic E-state index is 13.5. The van der Waals surface area contributed by atoms with E-state index in [0.29, 0.717) is 19.4 Å². The van der Waals surface area contributed by atoms with Crippen molar-refractivity contribution in [1.29, 1.82) is 0 Å². The molecule has 0 aromatic heterocycles. The number of carbonyl (C=O) groups excluding carboxylic acids is 2. The molecule has 7 heteroatoms. The molecule has 3 fully saturated rings. The summed E-state index contributed by atoms with van der Waals surface area (Å²) in [7, 11) is 0. The molecule has 2 aliphatic carbocycles. The van der Waals surface area contributed by atoms with Crippen LogP contribution >= 0.6 is 0 Å².